The van der Waals surface area contributed by atoms with Crippen LogP contribution in [-0.2, 0) is 5.41 Å². The molecule has 0 aliphatic heterocycles. The van der Waals surface area contributed by atoms with Crippen LogP contribution in [0.4, 0.5) is 0 Å². The maximum absolute atomic E-state index is 6.04. The van der Waals surface area contributed by atoms with E-state index < -0.39 is 0 Å². The van der Waals surface area contributed by atoms with Crippen LogP contribution >= 0.6 is 0 Å². The van der Waals surface area contributed by atoms with Crippen molar-refractivity contribution in [1.82, 2.24) is 4.98 Å². The SMILES string of the molecule is CC[C@](CN)(c1ccccc1)c1ccccn1. The lowest BCUT2D eigenvalue weighted by Crippen LogP contribution is -2.36. The van der Waals surface area contributed by atoms with Crippen LogP contribution in [0, 0.1) is 0 Å². The van der Waals surface area contributed by atoms with Gasteiger partial charge >= 0.3 is 0 Å². The van der Waals surface area contributed by atoms with Crippen LogP contribution in [0.5, 0.6) is 0 Å². The summed E-state index contributed by atoms with van der Waals surface area (Å²) >= 11 is 0. The number of nitrogens with zero attached hydrogens (tertiary/aromatic N) is 1. The van der Waals surface area contributed by atoms with Gasteiger partial charge in [0.05, 0.1) is 5.69 Å². The van der Waals surface area contributed by atoms with Crippen molar-refractivity contribution in [3.63, 3.8) is 0 Å². The first kappa shape index (κ1) is 11.8. The van der Waals surface area contributed by atoms with Crippen molar-refractivity contribution in [2.75, 3.05) is 6.54 Å². The summed E-state index contributed by atoms with van der Waals surface area (Å²) in [5, 5.41) is 0. The zero-order valence-corrected chi connectivity index (χ0v) is 10.1. The van der Waals surface area contributed by atoms with Crippen LogP contribution in [0.15, 0.2) is 54.7 Å². The van der Waals surface area contributed by atoms with Crippen molar-refractivity contribution < 1.29 is 0 Å². The molecule has 0 fully saturated rings. The lowest BCUT2D eigenvalue weighted by molar-refractivity contribution is 0.492. The van der Waals surface area contributed by atoms with E-state index in [2.05, 4.69) is 42.2 Å². The van der Waals surface area contributed by atoms with E-state index in [9.17, 15) is 0 Å². The molecule has 1 atom stereocenters. The summed E-state index contributed by atoms with van der Waals surface area (Å²) in [5.74, 6) is 0. The summed E-state index contributed by atoms with van der Waals surface area (Å²) in [7, 11) is 0. The van der Waals surface area contributed by atoms with E-state index in [1.807, 2.05) is 24.4 Å². The third-order valence-corrected chi connectivity index (χ3v) is 3.43. The van der Waals surface area contributed by atoms with Gasteiger partial charge in [-0.2, -0.15) is 0 Å². The molecule has 17 heavy (non-hydrogen) atoms. The number of benzene rings is 1. The van der Waals surface area contributed by atoms with Crippen LogP contribution in [-0.4, -0.2) is 11.5 Å². The molecule has 2 nitrogen and oxygen atoms in total. The first-order chi connectivity index (χ1) is 8.33. The number of hydrogen-bond donors (Lipinski definition) is 1. The molecule has 2 aromatic rings. The maximum atomic E-state index is 6.04. The Bertz CT molecular complexity index is 405. The van der Waals surface area contributed by atoms with Crippen molar-refractivity contribution in [2.45, 2.75) is 18.8 Å². The monoisotopic (exact) mass is 226 g/mol. The zero-order valence-electron chi connectivity index (χ0n) is 10.1. The highest BCUT2D eigenvalue weighted by molar-refractivity contribution is 5.36. The van der Waals surface area contributed by atoms with E-state index in [1.165, 1.54) is 5.56 Å². The van der Waals surface area contributed by atoms with Crippen molar-refractivity contribution in [2.24, 2.45) is 5.73 Å². The molecule has 0 radical (unpaired) electrons. The van der Waals surface area contributed by atoms with Gasteiger partial charge in [0.1, 0.15) is 0 Å². The summed E-state index contributed by atoms with van der Waals surface area (Å²) in [6, 6.07) is 16.4. The van der Waals surface area contributed by atoms with Gasteiger partial charge in [-0.25, -0.2) is 0 Å². The van der Waals surface area contributed by atoms with Crippen molar-refractivity contribution in [3.05, 3.63) is 66.0 Å². The lowest BCUT2D eigenvalue weighted by Gasteiger charge is -2.31. The van der Waals surface area contributed by atoms with Crippen molar-refractivity contribution in [1.29, 1.82) is 0 Å². The summed E-state index contributed by atoms with van der Waals surface area (Å²) in [6.07, 6.45) is 2.78. The Morgan fingerprint density at radius 2 is 1.76 bits per heavy atom. The molecule has 2 N–H and O–H groups in total. The summed E-state index contributed by atoms with van der Waals surface area (Å²) in [6.45, 7) is 2.74. The second-order valence-electron chi connectivity index (χ2n) is 4.22. The summed E-state index contributed by atoms with van der Waals surface area (Å²) < 4.78 is 0. The number of pyridine rings is 1. The molecule has 0 bridgehead atoms. The van der Waals surface area contributed by atoms with Crippen molar-refractivity contribution in [3.8, 4) is 0 Å². The Kier molecular flexibility index (Phi) is 3.55. The van der Waals surface area contributed by atoms with Gasteiger partial charge in [0.15, 0.2) is 0 Å². The van der Waals surface area contributed by atoms with Crippen LogP contribution in [0.25, 0.3) is 0 Å². The summed E-state index contributed by atoms with van der Waals surface area (Å²) in [4.78, 5) is 4.49. The molecule has 2 rings (SSSR count). The number of nitrogens with two attached hydrogens (primary N) is 1. The Balaban J connectivity index is 2.54. The molecule has 0 aliphatic rings. The van der Waals surface area contributed by atoms with E-state index in [4.69, 9.17) is 5.73 Å². The first-order valence-electron chi connectivity index (χ1n) is 6.00. The largest absolute Gasteiger partial charge is 0.329 e. The number of hydrogen-bond acceptors (Lipinski definition) is 2. The van der Waals surface area contributed by atoms with E-state index in [1.54, 1.807) is 0 Å². The van der Waals surface area contributed by atoms with Crippen LogP contribution < -0.4 is 5.73 Å². The van der Waals surface area contributed by atoms with Gasteiger partial charge in [0, 0.05) is 18.2 Å². The fourth-order valence-corrected chi connectivity index (χ4v) is 2.30. The van der Waals surface area contributed by atoms with Gasteiger partial charge in [-0.05, 0) is 24.1 Å². The molecule has 0 spiro atoms. The molecule has 0 amide bonds. The maximum Gasteiger partial charge on any atom is 0.0521 e. The van der Waals surface area contributed by atoms with Gasteiger partial charge in [-0.1, -0.05) is 43.3 Å². The minimum atomic E-state index is -0.164. The second kappa shape index (κ2) is 5.11. The zero-order chi connectivity index (χ0) is 12.1. The average Bonchev–Trinajstić information content (AvgIpc) is 2.43. The molecule has 2 heteroatoms. The normalized spacial score (nSPS) is 14.2. The van der Waals surface area contributed by atoms with Crippen LogP contribution in [0.3, 0.4) is 0 Å². The molecule has 1 heterocycles. The molecule has 1 aromatic carbocycles. The Hall–Kier alpha value is -1.67. The van der Waals surface area contributed by atoms with Crippen LogP contribution in [0.2, 0.25) is 0 Å². The number of aromatic nitrogens is 1. The van der Waals surface area contributed by atoms with Gasteiger partial charge in [-0.3, -0.25) is 4.98 Å². The highest BCUT2D eigenvalue weighted by Gasteiger charge is 2.31. The predicted octanol–water partition coefficient (Wildman–Crippen LogP) is 2.74. The minimum absolute atomic E-state index is 0.164. The fraction of sp³-hybridized carbons (Fsp3) is 0.267. The number of rotatable bonds is 4. The molecule has 88 valence electrons. The Morgan fingerprint density at radius 1 is 1.06 bits per heavy atom. The molecule has 0 saturated carbocycles. The quantitative estimate of drug-likeness (QED) is 0.870. The average molecular weight is 226 g/mol. The molecular formula is C15H18N2. The first-order valence-corrected chi connectivity index (χ1v) is 6.00. The second-order valence-corrected chi connectivity index (χ2v) is 4.22. The van der Waals surface area contributed by atoms with E-state index in [-0.39, 0.29) is 5.41 Å². The van der Waals surface area contributed by atoms with E-state index in [0.717, 1.165) is 12.1 Å². The third kappa shape index (κ3) is 2.08. The summed E-state index contributed by atoms with van der Waals surface area (Å²) in [5.41, 5.74) is 8.17. The highest BCUT2D eigenvalue weighted by atomic mass is 14.7. The van der Waals surface area contributed by atoms with E-state index in [0.29, 0.717) is 6.54 Å². The smallest absolute Gasteiger partial charge is 0.0521 e. The Morgan fingerprint density at radius 3 is 2.29 bits per heavy atom. The predicted molar refractivity (Wildman–Crippen MR) is 70.8 cm³/mol. The molecular weight excluding hydrogens is 208 g/mol. The molecule has 0 saturated heterocycles. The van der Waals surface area contributed by atoms with Gasteiger partial charge in [0.2, 0.25) is 0 Å². The topological polar surface area (TPSA) is 38.9 Å². The van der Waals surface area contributed by atoms with Gasteiger partial charge in [-0.15, -0.1) is 0 Å². The Labute approximate surface area is 103 Å². The minimum Gasteiger partial charge on any atom is -0.329 e. The standard InChI is InChI=1S/C15H18N2/c1-2-15(12-16,13-8-4-3-5-9-13)14-10-6-7-11-17-14/h3-11H,2,12,16H2,1H3/t15-/m0/s1. The third-order valence-electron chi connectivity index (χ3n) is 3.43. The lowest BCUT2D eigenvalue weighted by atomic mass is 9.75. The molecule has 0 aliphatic carbocycles. The molecule has 0 unspecified atom stereocenters. The van der Waals surface area contributed by atoms with Gasteiger partial charge in [0.25, 0.3) is 0 Å². The highest BCUT2D eigenvalue weighted by Crippen LogP contribution is 2.33. The van der Waals surface area contributed by atoms with E-state index >= 15 is 0 Å². The fourth-order valence-electron chi connectivity index (χ4n) is 2.30. The van der Waals surface area contributed by atoms with Crippen molar-refractivity contribution >= 4 is 0 Å². The van der Waals surface area contributed by atoms with Crippen LogP contribution in [0.1, 0.15) is 24.6 Å². The van der Waals surface area contributed by atoms with Gasteiger partial charge < -0.3 is 5.73 Å². The molecule has 1 aromatic heterocycles.